The summed E-state index contributed by atoms with van der Waals surface area (Å²) in [5.41, 5.74) is 0. The third kappa shape index (κ3) is 5.26. The molecule has 0 aliphatic heterocycles. The number of hydrogen-bond acceptors (Lipinski definition) is 2. The van der Waals surface area contributed by atoms with Crippen molar-refractivity contribution < 1.29 is 17.4 Å². The van der Waals surface area contributed by atoms with Gasteiger partial charge in [0.2, 0.25) is 0 Å². The monoisotopic (exact) mass is 285 g/mol. The minimum Gasteiger partial charge on any atom is -0.311 e. The van der Waals surface area contributed by atoms with E-state index in [2.05, 4.69) is 5.32 Å². The fourth-order valence-corrected chi connectivity index (χ4v) is 3.20. The molecule has 0 amide bonds. The molecule has 0 aromatic carbocycles. The van der Waals surface area contributed by atoms with Crippen LogP contribution in [0, 0.1) is 5.92 Å². The Bertz CT molecular complexity index is 283. The maximum absolute atomic E-state index is 12.9. The molecule has 4 atom stereocenters. The van der Waals surface area contributed by atoms with E-state index in [0.29, 0.717) is 25.0 Å². The van der Waals surface area contributed by atoms with Crippen LogP contribution in [0.4, 0.5) is 13.2 Å². The van der Waals surface area contributed by atoms with Gasteiger partial charge in [-0.1, -0.05) is 12.8 Å². The molecule has 0 aromatic heterocycles. The van der Waals surface area contributed by atoms with Crippen molar-refractivity contribution in [2.24, 2.45) is 5.92 Å². The topological polar surface area (TPSA) is 29.1 Å². The van der Waals surface area contributed by atoms with Crippen LogP contribution in [-0.2, 0) is 10.8 Å². The molecule has 4 unspecified atom stereocenters. The lowest BCUT2D eigenvalue weighted by Gasteiger charge is -2.35. The van der Waals surface area contributed by atoms with Gasteiger partial charge in [0.15, 0.2) is 0 Å². The van der Waals surface area contributed by atoms with Crippen molar-refractivity contribution in [1.29, 1.82) is 0 Å². The van der Waals surface area contributed by atoms with E-state index in [0.717, 1.165) is 6.42 Å². The van der Waals surface area contributed by atoms with Gasteiger partial charge in [0, 0.05) is 34.9 Å². The summed E-state index contributed by atoms with van der Waals surface area (Å²) in [7, 11) is -0.881. The molecular formula is C12H22F3NOS. The Morgan fingerprint density at radius 2 is 1.94 bits per heavy atom. The molecule has 0 radical (unpaired) electrons. The number of nitrogens with one attached hydrogen (secondary N) is 1. The lowest BCUT2D eigenvalue weighted by atomic mass is 9.83. The standard InChI is InChI=1S/C12H22F3NOS/c1-9(7-8-18(2)17)16-11-6-4-3-5-10(11)12(13,14)15/h9-11,16H,3-8H2,1-2H3. The number of halogens is 3. The molecule has 1 fully saturated rings. The SMILES string of the molecule is CC(CCS(C)=O)NC1CCCCC1C(F)(F)F. The molecule has 2 nitrogen and oxygen atoms in total. The summed E-state index contributed by atoms with van der Waals surface area (Å²) in [6.45, 7) is 1.87. The first-order chi connectivity index (χ1) is 8.30. The molecule has 18 heavy (non-hydrogen) atoms. The molecule has 1 aliphatic carbocycles. The van der Waals surface area contributed by atoms with Crippen molar-refractivity contribution in [3.63, 3.8) is 0 Å². The van der Waals surface area contributed by atoms with Crippen LogP contribution in [0.1, 0.15) is 39.0 Å². The zero-order valence-corrected chi connectivity index (χ0v) is 11.7. The van der Waals surface area contributed by atoms with E-state index in [4.69, 9.17) is 0 Å². The highest BCUT2D eigenvalue weighted by Crippen LogP contribution is 2.37. The van der Waals surface area contributed by atoms with Gasteiger partial charge in [0.05, 0.1) is 5.92 Å². The van der Waals surface area contributed by atoms with Crippen molar-refractivity contribution >= 4 is 10.8 Å². The summed E-state index contributed by atoms with van der Waals surface area (Å²) in [5, 5.41) is 3.08. The lowest BCUT2D eigenvalue weighted by molar-refractivity contribution is -0.189. The fraction of sp³-hybridized carbons (Fsp3) is 1.00. The average molecular weight is 285 g/mol. The molecule has 6 heteroatoms. The minimum absolute atomic E-state index is 0.0122. The van der Waals surface area contributed by atoms with Gasteiger partial charge in [-0.3, -0.25) is 4.21 Å². The maximum atomic E-state index is 12.9. The number of alkyl halides is 3. The normalized spacial score (nSPS) is 28.9. The molecular weight excluding hydrogens is 263 g/mol. The summed E-state index contributed by atoms with van der Waals surface area (Å²) in [5.74, 6) is -0.682. The summed E-state index contributed by atoms with van der Waals surface area (Å²) in [6, 6.07) is -0.485. The van der Waals surface area contributed by atoms with E-state index in [1.165, 1.54) is 0 Å². The zero-order chi connectivity index (χ0) is 13.8. The van der Waals surface area contributed by atoms with Crippen molar-refractivity contribution in [2.45, 2.75) is 57.3 Å². The van der Waals surface area contributed by atoms with Crippen LogP contribution in [0.3, 0.4) is 0 Å². The fourth-order valence-electron chi connectivity index (χ4n) is 2.51. The van der Waals surface area contributed by atoms with E-state index in [-0.39, 0.29) is 12.5 Å². The predicted octanol–water partition coefficient (Wildman–Crippen LogP) is 2.85. The first-order valence-electron chi connectivity index (χ1n) is 6.43. The van der Waals surface area contributed by atoms with Gasteiger partial charge in [-0.05, 0) is 26.2 Å². The highest BCUT2D eigenvalue weighted by molar-refractivity contribution is 7.84. The lowest BCUT2D eigenvalue weighted by Crippen LogP contribution is -2.48. The van der Waals surface area contributed by atoms with Crippen molar-refractivity contribution in [2.75, 3.05) is 12.0 Å². The highest BCUT2D eigenvalue weighted by Gasteiger charge is 2.45. The van der Waals surface area contributed by atoms with Crippen molar-refractivity contribution in [1.82, 2.24) is 5.32 Å². The van der Waals surface area contributed by atoms with Crippen molar-refractivity contribution in [3.8, 4) is 0 Å². The van der Waals surface area contributed by atoms with Crippen LogP contribution >= 0.6 is 0 Å². The molecule has 108 valence electrons. The van der Waals surface area contributed by atoms with Crippen LogP contribution < -0.4 is 5.32 Å². The maximum Gasteiger partial charge on any atom is 0.393 e. The molecule has 0 aromatic rings. The molecule has 1 saturated carbocycles. The third-order valence-electron chi connectivity index (χ3n) is 3.52. The molecule has 1 N–H and O–H groups in total. The summed E-state index contributed by atoms with van der Waals surface area (Å²) in [4.78, 5) is 0. The van der Waals surface area contributed by atoms with Crippen LogP contribution in [0.2, 0.25) is 0 Å². The van der Waals surface area contributed by atoms with Gasteiger partial charge in [-0.2, -0.15) is 13.2 Å². The van der Waals surface area contributed by atoms with Gasteiger partial charge >= 0.3 is 6.18 Å². The molecule has 1 rings (SSSR count). The average Bonchev–Trinajstić information content (AvgIpc) is 2.25. The van der Waals surface area contributed by atoms with Gasteiger partial charge in [0.1, 0.15) is 0 Å². The second-order valence-electron chi connectivity index (χ2n) is 5.17. The molecule has 0 bridgehead atoms. The smallest absolute Gasteiger partial charge is 0.311 e. The first-order valence-corrected chi connectivity index (χ1v) is 8.16. The summed E-state index contributed by atoms with van der Waals surface area (Å²) < 4.78 is 49.6. The second kappa shape index (κ2) is 6.89. The Morgan fingerprint density at radius 1 is 1.33 bits per heavy atom. The molecule has 0 heterocycles. The highest BCUT2D eigenvalue weighted by atomic mass is 32.2. The van der Waals surface area contributed by atoms with Crippen LogP contribution in [-0.4, -0.2) is 34.5 Å². The van der Waals surface area contributed by atoms with E-state index in [1.54, 1.807) is 6.26 Å². The summed E-state index contributed by atoms with van der Waals surface area (Å²) >= 11 is 0. The van der Waals surface area contributed by atoms with Crippen molar-refractivity contribution in [3.05, 3.63) is 0 Å². The Hall–Kier alpha value is -0.100. The van der Waals surface area contributed by atoms with Gasteiger partial charge in [-0.15, -0.1) is 0 Å². The van der Waals surface area contributed by atoms with Crippen LogP contribution in [0.25, 0.3) is 0 Å². The minimum atomic E-state index is -4.11. The Balaban J connectivity index is 2.49. The van der Waals surface area contributed by atoms with Gasteiger partial charge in [-0.25, -0.2) is 0 Å². The molecule has 1 aliphatic rings. The Morgan fingerprint density at radius 3 is 2.50 bits per heavy atom. The van der Waals surface area contributed by atoms with E-state index in [9.17, 15) is 17.4 Å². The van der Waals surface area contributed by atoms with Crippen LogP contribution in [0.5, 0.6) is 0 Å². The third-order valence-corrected chi connectivity index (χ3v) is 4.33. The molecule has 0 saturated heterocycles. The van der Waals surface area contributed by atoms with Crippen LogP contribution in [0.15, 0.2) is 0 Å². The summed E-state index contributed by atoms with van der Waals surface area (Å²) in [6.07, 6.45) is 0.505. The first kappa shape index (κ1) is 16.0. The van der Waals surface area contributed by atoms with Gasteiger partial charge < -0.3 is 5.32 Å². The van der Waals surface area contributed by atoms with Gasteiger partial charge in [0.25, 0.3) is 0 Å². The quantitative estimate of drug-likeness (QED) is 0.841. The Kier molecular flexibility index (Phi) is 6.11. The zero-order valence-electron chi connectivity index (χ0n) is 10.9. The van der Waals surface area contributed by atoms with E-state index >= 15 is 0 Å². The Labute approximate surface area is 109 Å². The largest absolute Gasteiger partial charge is 0.393 e. The number of rotatable bonds is 5. The predicted molar refractivity (Wildman–Crippen MR) is 67.9 cm³/mol. The van der Waals surface area contributed by atoms with E-state index < -0.39 is 28.9 Å². The number of hydrogen-bond donors (Lipinski definition) is 1. The van der Waals surface area contributed by atoms with E-state index in [1.807, 2.05) is 6.92 Å². The second-order valence-corrected chi connectivity index (χ2v) is 6.73. The molecule has 0 spiro atoms.